The summed E-state index contributed by atoms with van der Waals surface area (Å²) in [6.45, 7) is 13.7. The van der Waals surface area contributed by atoms with Gasteiger partial charge in [0.2, 0.25) is 0 Å². The van der Waals surface area contributed by atoms with E-state index in [2.05, 4.69) is 41.3 Å². The fourth-order valence-corrected chi connectivity index (χ4v) is 2.71. The van der Waals surface area contributed by atoms with E-state index in [9.17, 15) is 0 Å². The van der Waals surface area contributed by atoms with Crippen molar-refractivity contribution in [1.82, 2.24) is 15.5 Å². The van der Waals surface area contributed by atoms with Crippen LogP contribution in [0.2, 0.25) is 0 Å². The minimum Gasteiger partial charge on any atom is -0.380 e. The molecule has 0 bridgehead atoms. The Morgan fingerprint density at radius 1 is 1.27 bits per heavy atom. The van der Waals surface area contributed by atoms with Gasteiger partial charge in [0.1, 0.15) is 0 Å². The van der Waals surface area contributed by atoms with Gasteiger partial charge in [0, 0.05) is 39.8 Å². The van der Waals surface area contributed by atoms with E-state index in [0.29, 0.717) is 5.92 Å². The minimum atomic E-state index is 0.708. The van der Waals surface area contributed by atoms with Crippen molar-refractivity contribution in [2.45, 2.75) is 40.0 Å². The molecule has 1 saturated heterocycles. The lowest BCUT2D eigenvalue weighted by molar-refractivity contribution is 0.128. The summed E-state index contributed by atoms with van der Waals surface area (Å²) in [6, 6.07) is 0. The van der Waals surface area contributed by atoms with Crippen LogP contribution in [-0.2, 0) is 4.74 Å². The Hall–Kier alpha value is -0.810. The van der Waals surface area contributed by atoms with Crippen LogP contribution in [0.25, 0.3) is 0 Å². The zero-order valence-electron chi connectivity index (χ0n) is 15.0. The molecule has 0 saturated carbocycles. The zero-order valence-corrected chi connectivity index (χ0v) is 15.0. The van der Waals surface area contributed by atoms with Crippen molar-refractivity contribution in [3.05, 3.63) is 0 Å². The summed E-state index contributed by atoms with van der Waals surface area (Å²) in [7, 11) is 1.82. The molecule has 1 rings (SSSR count). The average Bonchev–Trinajstić information content (AvgIpc) is 2.48. The molecule has 5 heteroatoms. The number of nitrogens with one attached hydrogen (secondary N) is 2. The van der Waals surface area contributed by atoms with Crippen molar-refractivity contribution in [3.63, 3.8) is 0 Å². The van der Waals surface area contributed by atoms with Gasteiger partial charge < -0.3 is 20.3 Å². The molecule has 130 valence electrons. The molecule has 22 heavy (non-hydrogen) atoms. The highest BCUT2D eigenvalue weighted by Crippen LogP contribution is 2.14. The smallest absolute Gasteiger partial charge is 0.191 e. The first-order chi connectivity index (χ1) is 10.6. The second-order valence-electron chi connectivity index (χ2n) is 6.77. The molecule has 0 aromatic rings. The molecular formula is C17H36N4O. The summed E-state index contributed by atoms with van der Waals surface area (Å²) in [5, 5.41) is 6.68. The zero-order chi connectivity index (χ0) is 16.2. The van der Waals surface area contributed by atoms with Crippen molar-refractivity contribution in [2.75, 3.05) is 53.0 Å². The van der Waals surface area contributed by atoms with Gasteiger partial charge in [-0.3, -0.25) is 4.99 Å². The monoisotopic (exact) mass is 312 g/mol. The Kier molecular flexibility index (Phi) is 10.2. The molecule has 1 aliphatic heterocycles. The third-order valence-corrected chi connectivity index (χ3v) is 4.06. The second-order valence-corrected chi connectivity index (χ2v) is 6.77. The van der Waals surface area contributed by atoms with Gasteiger partial charge in [-0.1, -0.05) is 20.8 Å². The van der Waals surface area contributed by atoms with Crippen LogP contribution in [0.15, 0.2) is 4.99 Å². The molecule has 0 aliphatic carbocycles. The van der Waals surface area contributed by atoms with E-state index in [1.54, 1.807) is 0 Å². The maximum absolute atomic E-state index is 5.60. The molecule has 2 N–H and O–H groups in total. The van der Waals surface area contributed by atoms with Crippen LogP contribution in [0.4, 0.5) is 0 Å². The fourth-order valence-electron chi connectivity index (χ4n) is 2.71. The Morgan fingerprint density at radius 2 is 2.05 bits per heavy atom. The van der Waals surface area contributed by atoms with Crippen LogP contribution in [0.3, 0.4) is 0 Å². The summed E-state index contributed by atoms with van der Waals surface area (Å²) < 4.78 is 5.60. The lowest BCUT2D eigenvalue weighted by Gasteiger charge is -2.30. The van der Waals surface area contributed by atoms with Gasteiger partial charge in [0.15, 0.2) is 5.96 Å². The first-order valence-electron chi connectivity index (χ1n) is 8.86. The van der Waals surface area contributed by atoms with Crippen LogP contribution >= 0.6 is 0 Å². The molecule has 0 amide bonds. The van der Waals surface area contributed by atoms with Gasteiger partial charge in [-0.15, -0.1) is 0 Å². The summed E-state index contributed by atoms with van der Waals surface area (Å²) >= 11 is 0. The second kappa shape index (κ2) is 11.7. The molecule has 5 nitrogen and oxygen atoms in total. The largest absolute Gasteiger partial charge is 0.380 e. The van der Waals surface area contributed by atoms with Crippen molar-refractivity contribution < 1.29 is 4.74 Å². The number of hydrogen-bond acceptors (Lipinski definition) is 3. The average molecular weight is 313 g/mol. The summed E-state index contributed by atoms with van der Waals surface area (Å²) in [5.41, 5.74) is 0. The highest BCUT2D eigenvalue weighted by Gasteiger charge is 2.15. The van der Waals surface area contributed by atoms with Crippen molar-refractivity contribution >= 4 is 5.96 Å². The molecule has 1 unspecified atom stereocenters. The van der Waals surface area contributed by atoms with E-state index >= 15 is 0 Å². The van der Waals surface area contributed by atoms with E-state index in [1.807, 2.05) is 7.05 Å². The van der Waals surface area contributed by atoms with E-state index in [1.165, 1.54) is 25.9 Å². The highest BCUT2D eigenvalue weighted by molar-refractivity contribution is 5.79. The van der Waals surface area contributed by atoms with E-state index in [-0.39, 0.29) is 0 Å². The third-order valence-electron chi connectivity index (χ3n) is 4.06. The molecule has 0 aromatic carbocycles. The van der Waals surface area contributed by atoms with Crippen LogP contribution < -0.4 is 10.6 Å². The van der Waals surface area contributed by atoms with Gasteiger partial charge in [-0.05, 0) is 37.6 Å². The molecule has 0 spiro atoms. The van der Waals surface area contributed by atoms with Crippen LogP contribution in [0.1, 0.15) is 40.0 Å². The summed E-state index contributed by atoms with van der Waals surface area (Å²) in [4.78, 5) is 6.80. The molecule has 0 radical (unpaired) electrons. The number of rotatable bonds is 9. The summed E-state index contributed by atoms with van der Waals surface area (Å²) in [6.07, 6.45) is 3.84. The van der Waals surface area contributed by atoms with Gasteiger partial charge >= 0.3 is 0 Å². The van der Waals surface area contributed by atoms with Gasteiger partial charge in [-0.2, -0.15) is 0 Å². The predicted octanol–water partition coefficient (Wildman–Crippen LogP) is 1.95. The van der Waals surface area contributed by atoms with Crippen molar-refractivity contribution in [2.24, 2.45) is 16.8 Å². The number of likely N-dealkylation sites (tertiary alicyclic amines) is 1. The topological polar surface area (TPSA) is 48.9 Å². The quantitative estimate of drug-likeness (QED) is 0.388. The number of guanidine groups is 1. The van der Waals surface area contributed by atoms with E-state index in [0.717, 1.165) is 51.1 Å². The highest BCUT2D eigenvalue weighted by atomic mass is 16.5. The third kappa shape index (κ3) is 9.26. The Bertz CT molecular complexity index is 307. The minimum absolute atomic E-state index is 0.708. The van der Waals surface area contributed by atoms with Crippen molar-refractivity contribution in [3.8, 4) is 0 Å². The Balaban J connectivity index is 2.02. The Morgan fingerprint density at radius 3 is 2.73 bits per heavy atom. The van der Waals surface area contributed by atoms with E-state index in [4.69, 9.17) is 4.74 Å². The fraction of sp³-hybridized carbons (Fsp3) is 0.941. The molecule has 0 aromatic heterocycles. The summed E-state index contributed by atoms with van der Waals surface area (Å²) in [5.74, 6) is 2.42. The predicted molar refractivity (Wildman–Crippen MR) is 94.5 cm³/mol. The van der Waals surface area contributed by atoms with E-state index < -0.39 is 0 Å². The number of piperidine rings is 1. The number of hydrogen-bond donors (Lipinski definition) is 2. The maximum atomic E-state index is 5.60. The molecule has 1 fully saturated rings. The van der Waals surface area contributed by atoms with Gasteiger partial charge in [-0.25, -0.2) is 0 Å². The van der Waals surface area contributed by atoms with Gasteiger partial charge in [0.05, 0.1) is 6.61 Å². The lowest BCUT2D eigenvalue weighted by atomic mass is 10.0. The first kappa shape index (κ1) is 19.2. The normalized spacial score (nSPS) is 20.4. The number of aliphatic imine (C=N–C) groups is 1. The number of nitrogens with zero attached hydrogens (tertiary/aromatic N) is 2. The first-order valence-corrected chi connectivity index (χ1v) is 8.86. The van der Waals surface area contributed by atoms with Crippen LogP contribution in [0, 0.1) is 11.8 Å². The molecule has 1 atom stereocenters. The lowest BCUT2D eigenvalue weighted by Crippen LogP contribution is -2.44. The molecule has 1 heterocycles. The van der Waals surface area contributed by atoms with Crippen LogP contribution in [-0.4, -0.2) is 63.8 Å². The van der Waals surface area contributed by atoms with Crippen LogP contribution in [0.5, 0.6) is 0 Å². The Labute approximate surface area is 136 Å². The molecular weight excluding hydrogens is 276 g/mol. The van der Waals surface area contributed by atoms with Gasteiger partial charge in [0.25, 0.3) is 0 Å². The standard InChI is InChI=1S/C17H36N4O/c1-15(2)7-12-22-13-9-20-17(18-4)19-8-11-21-10-5-6-16(3)14-21/h15-16H,5-14H2,1-4H3,(H2,18,19,20). The van der Waals surface area contributed by atoms with Crippen molar-refractivity contribution in [1.29, 1.82) is 0 Å². The number of ether oxygens (including phenoxy) is 1. The molecule has 1 aliphatic rings. The maximum Gasteiger partial charge on any atom is 0.191 e. The SMILES string of the molecule is CN=C(NCCOCCC(C)C)NCCN1CCCC(C)C1.